The number of nitrogens with two attached hydrogens (primary N) is 1. The molecule has 21 heavy (non-hydrogen) atoms. The molecule has 0 spiro atoms. The quantitative estimate of drug-likeness (QED) is 0.910. The van der Waals surface area contributed by atoms with Gasteiger partial charge in [0.25, 0.3) is 0 Å². The summed E-state index contributed by atoms with van der Waals surface area (Å²) in [6, 6.07) is 8.40. The smallest absolute Gasteiger partial charge is 0.410 e. The average Bonchev–Trinajstić information content (AvgIpc) is 2.46. The van der Waals surface area contributed by atoms with E-state index in [2.05, 4.69) is 24.3 Å². The van der Waals surface area contributed by atoms with E-state index < -0.39 is 5.60 Å². The maximum absolute atomic E-state index is 12.0. The topological polar surface area (TPSA) is 55.6 Å². The minimum atomic E-state index is -0.431. The number of amides is 1. The molecule has 0 atom stereocenters. The minimum Gasteiger partial charge on any atom is -0.444 e. The van der Waals surface area contributed by atoms with Crippen molar-refractivity contribution < 1.29 is 9.53 Å². The van der Waals surface area contributed by atoms with Crippen molar-refractivity contribution in [1.29, 1.82) is 0 Å². The largest absolute Gasteiger partial charge is 0.444 e. The molecule has 1 aromatic rings. The van der Waals surface area contributed by atoms with Gasteiger partial charge in [0.05, 0.1) is 0 Å². The van der Waals surface area contributed by atoms with E-state index in [1.165, 1.54) is 11.5 Å². The lowest BCUT2D eigenvalue weighted by atomic mass is 9.89. The number of likely N-dealkylation sites (tertiary alicyclic amines) is 1. The van der Waals surface area contributed by atoms with Crippen molar-refractivity contribution in [3.8, 4) is 0 Å². The van der Waals surface area contributed by atoms with E-state index in [1.54, 1.807) is 4.90 Å². The zero-order valence-corrected chi connectivity index (χ0v) is 13.2. The summed E-state index contributed by atoms with van der Waals surface area (Å²) in [6.45, 7) is 7.70. The van der Waals surface area contributed by atoms with E-state index in [0.29, 0.717) is 6.54 Å². The van der Waals surface area contributed by atoms with E-state index in [4.69, 9.17) is 10.5 Å². The molecule has 1 amide bonds. The molecule has 1 fully saturated rings. The summed E-state index contributed by atoms with van der Waals surface area (Å²) >= 11 is 0. The molecule has 0 bridgehead atoms. The predicted molar refractivity (Wildman–Crippen MR) is 83.7 cm³/mol. The molecule has 1 aliphatic heterocycles. The third kappa shape index (κ3) is 4.46. The third-order valence-corrected chi connectivity index (χ3v) is 3.62. The summed E-state index contributed by atoms with van der Waals surface area (Å²) in [5.74, 6) is 1.40. The second-order valence-corrected chi connectivity index (χ2v) is 6.47. The number of nitrogens with zero attached hydrogens (tertiary/aromatic N) is 1. The fourth-order valence-corrected chi connectivity index (χ4v) is 2.45. The second kappa shape index (κ2) is 6.48. The lowest BCUT2D eigenvalue weighted by molar-refractivity contribution is 0.0228. The van der Waals surface area contributed by atoms with Crippen molar-refractivity contribution in [1.82, 2.24) is 4.90 Å². The summed E-state index contributed by atoms with van der Waals surface area (Å²) in [4.78, 5) is 13.8. The molecule has 4 nitrogen and oxygen atoms in total. The number of ether oxygens (including phenoxy) is 1. The fourth-order valence-electron chi connectivity index (χ4n) is 2.45. The molecule has 0 unspecified atom stereocenters. The van der Waals surface area contributed by atoms with Crippen molar-refractivity contribution in [3.63, 3.8) is 0 Å². The first-order chi connectivity index (χ1) is 9.89. The Balaban J connectivity index is 1.89. The molecule has 4 heteroatoms. The van der Waals surface area contributed by atoms with Crippen LogP contribution in [-0.4, -0.2) is 29.7 Å². The Morgan fingerprint density at radius 2 is 1.76 bits per heavy atom. The number of piperidine rings is 1. The van der Waals surface area contributed by atoms with Crippen molar-refractivity contribution in [2.24, 2.45) is 5.73 Å². The van der Waals surface area contributed by atoms with Gasteiger partial charge in [0, 0.05) is 25.6 Å². The van der Waals surface area contributed by atoms with Gasteiger partial charge in [-0.15, -0.1) is 0 Å². The lowest BCUT2D eigenvalue weighted by Crippen LogP contribution is -2.41. The molecule has 2 N–H and O–H groups in total. The van der Waals surface area contributed by atoms with E-state index in [-0.39, 0.29) is 6.09 Å². The summed E-state index contributed by atoms with van der Waals surface area (Å²) in [7, 11) is 0. The van der Waals surface area contributed by atoms with Crippen LogP contribution >= 0.6 is 0 Å². The van der Waals surface area contributed by atoms with Gasteiger partial charge in [0.1, 0.15) is 5.60 Å². The Morgan fingerprint density at radius 3 is 2.24 bits per heavy atom. The highest BCUT2D eigenvalue weighted by molar-refractivity contribution is 5.68. The van der Waals surface area contributed by atoms with Crippen LogP contribution in [0, 0.1) is 5.92 Å². The fraction of sp³-hybridized carbons (Fsp3) is 0.529. The number of carbonyl (C=O) groups is 1. The van der Waals surface area contributed by atoms with Crippen LogP contribution in [0.3, 0.4) is 0 Å². The van der Waals surface area contributed by atoms with E-state index in [1.807, 2.05) is 20.8 Å². The van der Waals surface area contributed by atoms with Crippen LogP contribution in [0.25, 0.3) is 0 Å². The predicted octanol–water partition coefficient (Wildman–Crippen LogP) is 3.10. The van der Waals surface area contributed by atoms with Crippen LogP contribution in [0.4, 0.5) is 4.79 Å². The van der Waals surface area contributed by atoms with Gasteiger partial charge in [0.2, 0.25) is 0 Å². The summed E-state index contributed by atoms with van der Waals surface area (Å²) < 4.78 is 5.41. The first-order valence-corrected chi connectivity index (χ1v) is 7.51. The van der Waals surface area contributed by atoms with Crippen molar-refractivity contribution in [3.05, 3.63) is 41.3 Å². The van der Waals surface area contributed by atoms with Crippen molar-refractivity contribution in [2.45, 2.75) is 45.8 Å². The molecule has 115 valence electrons. The van der Waals surface area contributed by atoms with E-state index >= 15 is 0 Å². The van der Waals surface area contributed by atoms with Gasteiger partial charge >= 0.3 is 6.09 Å². The van der Waals surface area contributed by atoms with Gasteiger partial charge in [-0.1, -0.05) is 24.3 Å². The molecular formula is C17H25N2O2. The Labute approximate surface area is 127 Å². The van der Waals surface area contributed by atoms with Gasteiger partial charge in [0.15, 0.2) is 0 Å². The zero-order valence-electron chi connectivity index (χ0n) is 13.2. The minimum absolute atomic E-state index is 0.208. The van der Waals surface area contributed by atoms with Crippen LogP contribution in [-0.2, 0) is 11.3 Å². The highest BCUT2D eigenvalue weighted by Gasteiger charge is 2.27. The number of hydrogen-bond donors (Lipinski definition) is 1. The normalized spacial score (nSPS) is 16.9. The first-order valence-electron chi connectivity index (χ1n) is 7.51. The van der Waals surface area contributed by atoms with Crippen molar-refractivity contribution >= 4 is 6.09 Å². The van der Waals surface area contributed by atoms with E-state index in [0.717, 1.165) is 31.5 Å². The lowest BCUT2D eigenvalue weighted by Gasteiger charge is -2.33. The molecule has 1 aromatic carbocycles. The zero-order chi connectivity index (χ0) is 15.5. The molecule has 0 aliphatic carbocycles. The number of benzene rings is 1. The third-order valence-electron chi connectivity index (χ3n) is 3.62. The molecule has 1 heterocycles. The summed E-state index contributed by atoms with van der Waals surface area (Å²) in [5.41, 5.74) is 7.59. The molecule has 0 aromatic heterocycles. The monoisotopic (exact) mass is 289 g/mol. The van der Waals surface area contributed by atoms with Crippen LogP contribution in [0.2, 0.25) is 0 Å². The van der Waals surface area contributed by atoms with Gasteiger partial charge in [-0.2, -0.15) is 0 Å². The Kier molecular flexibility index (Phi) is 4.88. The van der Waals surface area contributed by atoms with Crippen LogP contribution < -0.4 is 5.73 Å². The number of rotatable bonds is 2. The highest BCUT2D eigenvalue weighted by atomic mass is 16.6. The molecule has 0 saturated carbocycles. The summed E-state index contributed by atoms with van der Waals surface area (Å²) in [5, 5.41) is 0. The standard InChI is InChI=1S/C17H25N2O2/c1-17(2,3)21-16(20)19-10-8-15(9-11-19)14-6-4-13(12-18)5-7-14/h4-7H,8-12,18H2,1-3H3. The maximum atomic E-state index is 12.0. The van der Waals surface area contributed by atoms with Gasteiger partial charge < -0.3 is 15.4 Å². The second-order valence-electron chi connectivity index (χ2n) is 6.47. The molecule has 1 radical (unpaired) electrons. The van der Waals surface area contributed by atoms with Crippen molar-refractivity contribution in [2.75, 3.05) is 13.1 Å². The van der Waals surface area contributed by atoms with Crippen LogP contribution in [0.1, 0.15) is 44.7 Å². The molecule has 1 aliphatic rings. The van der Waals surface area contributed by atoms with Crippen LogP contribution in [0.5, 0.6) is 0 Å². The average molecular weight is 289 g/mol. The Hall–Kier alpha value is -1.55. The highest BCUT2D eigenvalue weighted by Crippen LogP contribution is 2.28. The van der Waals surface area contributed by atoms with E-state index in [9.17, 15) is 4.79 Å². The van der Waals surface area contributed by atoms with Gasteiger partial charge in [-0.05, 0) is 44.7 Å². The first kappa shape index (κ1) is 15.8. The number of hydrogen-bond acceptors (Lipinski definition) is 3. The molecular weight excluding hydrogens is 264 g/mol. The van der Waals surface area contributed by atoms with Gasteiger partial charge in [-0.25, -0.2) is 4.79 Å². The SMILES string of the molecule is CC(C)(C)OC(=O)N1CC[C](c2ccc(CN)cc2)CC1. The Morgan fingerprint density at radius 1 is 1.19 bits per heavy atom. The van der Waals surface area contributed by atoms with Crippen LogP contribution in [0.15, 0.2) is 24.3 Å². The number of carbonyl (C=O) groups excluding carboxylic acids is 1. The van der Waals surface area contributed by atoms with Gasteiger partial charge in [-0.3, -0.25) is 0 Å². The molecule has 1 saturated heterocycles. The Bertz CT molecular complexity index is 469. The maximum Gasteiger partial charge on any atom is 0.410 e. The summed E-state index contributed by atoms with van der Waals surface area (Å²) in [6.07, 6.45) is 1.60. The molecule has 2 rings (SSSR count).